The normalized spacial score (nSPS) is 12.7. The Labute approximate surface area is 127 Å². The fourth-order valence-electron chi connectivity index (χ4n) is 1.80. The van der Waals surface area contributed by atoms with E-state index in [1.165, 1.54) is 0 Å². The molecule has 3 nitrogen and oxygen atoms in total. The van der Waals surface area contributed by atoms with Gasteiger partial charge in [0.05, 0.1) is 21.3 Å². The topological polar surface area (TPSA) is 40.7 Å². The molecule has 102 valence electrons. The molecule has 1 aromatic heterocycles. The number of halogens is 3. The molecule has 1 unspecified atom stereocenters. The van der Waals surface area contributed by atoms with E-state index < -0.39 is 0 Å². The van der Waals surface area contributed by atoms with Gasteiger partial charge in [-0.2, -0.15) is 5.10 Å². The van der Waals surface area contributed by atoms with Crippen LogP contribution in [0.25, 0.3) is 0 Å². The van der Waals surface area contributed by atoms with Gasteiger partial charge in [0, 0.05) is 23.8 Å². The molecule has 0 radical (unpaired) electrons. The summed E-state index contributed by atoms with van der Waals surface area (Å²) in [5, 5.41) is 11.6. The minimum absolute atomic E-state index is 0.0663. The van der Waals surface area contributed by atoms with Gasteiger partial charge >= 0.3 is 0 Å². The molecule has 2 rings (SSSR count). The lowest BCUT2D eigenvalue weighted by Crippen LogP contribution is -2.18. The van der Waals surface area contributed by atoms with Gasteiger partial charge in [-0.15, -0.1) is 0 Å². The lowest BCUT2D eigenvalue weighted by molar-refractivity contribution is 0.574. The molecule has 1 aromatic carbocycles. The van der Waals surface area contributed by atoms with Crippen LogP contribution in [0.2, 0.25) is 15.1 Å². The summed E-state index contributed by atoms with van der Waals surface area (Å²) in [5.74, 6) is 0. The molecule has 2 aromatic rings. The number of benzene rings is 1. The van der Waals surface area contributed by atoms with Crippen LogP contribution in [-0.2, 0) is 6.54 Å². The molecule has 0 fully saturated rings. The number of hydrogen-bond donors (Lipinski definition) is 2. The van der Waals surface area contributed by atoms with Crippen LogP contribution in [0.3, 0.4) is 0 Å². The van der Waals surface area contributed by atoms with E-state index in [1.54, 1.807) is 6.07 Å². The highest BCUT2D eigenvalue weighted by Crippen LogP contribution is 2.35. The van der Waals surface area contributed by atoms with Crippen LogP contribution in [0.1, 0.15) is 29.8 Å². The van der Waals surface area contributed by atoms with Crippen LogP contribution in [0.15, 0.2) is 18.3 Å². The molecule has 0 saturated heterocycles. The zero-order valence-electron chi connectivity index (χ0n) is 10.6. The van der Waals surface area contributed by atoms with Crippen LogP contribution in [0.4, 0.5) is 0 Å². The minimum Gasteiger partial charge on any atom is -0.306 e. The number of nitrogens with zero attached hydrogens (tertiary/aromatic N) is 1. The molecule has 0 aliphatic carbocycles. The Balaban J connectivity index is 2.10. The summed E-state index contributed by atoms with van der Waals surface area (Å²) in [6.45, 7) is 4.72. The van der Waals surface area contributed by atoms with E-state index in [4.69, 9.17) is 34.8 Å². The maximum absolute atomic E-state index is 6.21. The molecule has 0 spiro atoms. The lowest BCUT2D eigenvalue weighted by Gasteiger charge is -2.16. The van der Waals surface area contributed by atoms with Gasteiger partial charge in [-0.3, -0.25) is 5.10 Å². The lowest BCUT2D eigenvalue weighted by atomic mass is 10.1. The van der Waals surface area contributed by atoms with E-state index in [1.807, 2.05) is 26.1 Å². The molecule has 0 bridgehead atoms. The van der Waals surface area contributed by atoms with E-state index in [2.05, 4.69) is 15.5 Å². The fraction of sp³-hybridized carbons (Fsp3) is 0.308. The first kappa shape index (κ1) is 14.7. The van der Waals surface area contributed by atoms with Crippen molar-refractivity contribution in [2.45, 2.75) is 26.4 Å². The van der Waals surface area contributed by atoms with Crippen molar-refractivity contribution in [1.29, 1.82) is 0 Å². The van der Waals surface area contributed by atoms with Gasteiger partial charge in [-0.25, -0.2) is 0 Å². The highest BCUT2D eigenvalue weighted by molar-refractivity contribution is 6.48. The first-order valence-corrected chi connectivity index (χ1v) is 6.99. The molecule has 0 saturated carbocycles. The van der Waals surface area contributed by atoms with E-state index in [0.29, 0.717) is 21.6 Å². The Morgan fingerprint density at radius 1 is 1.26 bits per heavy atom. The Bertz CT molecular complexity index is 581. The first-order valence-electron chi connectivity index (χ1n) is 5.86. The number of nitrogens with one attached hydrogen (secondary N) is 2. The standard InChI is InChI=1S/C13H14Cl3N3/c1-7-9(6-18-19-7)5-17-8(2)10-3-4-11(14)13(16)12(10)15/h3-4,6,8,17H,5H2,1-2H3,(H,18,19). The molecular formula is C13H14Cl3N3. The minimum atomic E-state index is 0.0663. The quantitative estimate of drug-likeness (QED) is 0.813. The highest BCUT2D eigenvalue weighted by Gasteiger charge is 2.14. The largest absolute Gasteiger partial charge is 0.306 e. The molecule has 6 heteroatoms. The van der Waals surface area contributed by atoms with Crippen molar-refractivity contribution in [2.75, 3.05) is 0 Å². The van der Waals surface area contributed by atoms with Gasteiger partial charge in [-0.05, 0) is 25.5 Å². The molecule has 1 heterocycles. The summed E-state index contributed by atoms with van der Waals surface area (Å²) in [7, 11) is 0. The second-order valence-corrected chi connectivity index (χ2v) is 5.55. The van der Waals surface area contributed by atoms with Crippen LogP contribution in [0, 0.1) is 6.92 Å². The van der Waals surface area contributed by atoms with Gasteiger partial charge in [0.15, 0.2) is 0 Å². The third kappa shape index (κ3) is 3.23. The predicted octanol–water partition coefficient (Wildman–Crippen LogP) is 4.53. The Morgan fingerprint density at radius 3 is 2.63 bits per heavy atom. The number of H-pyrrole nitrogens is 1. The molecule has 0 aliphatic heterocycles. The van der Waals surface area contributed by atoms with Crippen molar-refractivity contribution in [1.82, 2.24) is 15.5 Å². The summed E-state index contributed by atoms with van der Waals surface area (Å²) in [5.41, 5.74) is 3.11. The number of aryl methyl sites for hydroxylation is 1. The van der Waals surface area contributed by atoms with Crippen molar-refractivity contribution >= 4 is 34.8 Å². The highest BCUT2D eigenvalue weighted by atomic mass is 35.5. The summed E-state index contributed by atoms with van der Waals surface area (Å²) >= 11 is 18.2. The van der Waals surface area contributed by atoms with Crippen LogP contribution < -0.4 is 5.32 Å². The SMILES string of the molecule is Cc1[nH]ncc1CNC(C)c1ccc(Cl)c(Cl)c1Cl. The van der Waals surface area contributed by atoms with Gasteiger partial charge in [0.1, 0.15) is 0 Å². The number of hydrogen-bond acceptors (Lipinski definition) is 2. The van der Waals surface area contributed by atoms with E-state index >= 15 is 0 Å². The monoisotopic (exact) mass is 317 g/mol. The third-order valence-corrected chi connectivity index (χ3v) is 4.37. The maximum atomic E-state index is 6.21. The Morgan fingerprint density at radius 2 is 2.00 bits per heavy atom. The summed E-state index contributed by atoms with van der Waals surface area (Å²) in [6, 6.07) is 3.71. The molecule has 0 amide bonds. The Hall–Kier alpha value is -0.740. The molecule has 19 heavy (non-hydrogen) atoms. The van der Waals surface area contributed by atoms with Crippen LogP contribution in [-0.4, -0.2) is 10.2 Å². The molecule has 1 atom stereocenters. The number of aromatic nitrogens is 2. The van der Waals surface area contributed by atoms with E-state index in [0.717, 1.165) is 16.8 Å². The van der Waals surface area contributed by atoms with Crippen molar-refractivity contribution in [2.24, 2.45) is 0 Å². The van der Waals surface area contributed by atoms with Gasteiger partial charge in [0.25, 0.3) is 0 Å². The smallest absolute Gasteiger partial charge is 0.0781 e. The Kier molecular flexibility index (Phi) is 4.74. The van der Waals surface area contributed by atoms with Crippen LogP contribution >= 0.6 is 34.8 Å². The number of rotatable bonds is 4. The average Bonchev–Trinajstić information content (AvgIpc) is 2.79. The summed E-state index contributed by atoms with van der Waals surface area (Å²) < 4.78 is 0. The molecule has 2 N–H and O–H groups in total. The summed E-state index contributed by atoms with van der Waals surface area (Å²) in [6.07, 6.45) is 1.81. The van der Waals surface area contributed by atoms with Crippen molar-refractivity contribution in [3.63, 3.8) is 0 Å². The third-order valence-electron chi connectivity index (χ3n) is 3.06. The maximum Gasteiger partial charge on any atom is 0.0781 e. The fourth-order valence-corrected chi connectivity index (χ4v) is 2.51. The second-order valence-electron chi connectivity index (χ2n) is 4.39. The average molecular weight is 319 g/mol. The molecular weight excluding hydrogens is 305 g/mol. The van der Waals surface area contributed by atoms with Crippen LogP contribution in [0.5, 0.6) is 0 Å². The van der Waals surface area contributed by atoms with E-state index in [9.17, 15) is 0 Å². The zero-order chi connectivity index (χ0) is 14.0. The van der Waals surface area contributed by atoms with Gasteiger partial charge in [-0.1, -0.05) is 40.9 Å². The first-order chi connectivity index (χ1) is 9.00. The predicted molar refractivity (Wildman–Crippen MR) is 80.1 cm³/mol. The number of aromatic amines is 1. The van der Waals surface area contributed by atoms with Crippen molar-refractivity contribution < 1.29 is 0 Å². The van der Waals surface area contributed by atoms with E-state index in [-0.39, 0.29) is 6.04 Å². The second kappa shape index (κ2) is 6.14. The van der Waals surface area contributed by atoms with Gasteiger partial charge < -0.3 is 5.32 Å². The zero-order valence-corrected chi connectivity index (χ0v) is 12.9. The summed E-state index contributed by atoms with van der Waals surface area (Å²) in [4.78, 5) is 0. The van der Waals surface area contributed by atoms with Crippen molar-refractivity contribution in [3.8, 4) is 0 Å². The van der Waals surface area contributed by atoms with Gasteiger partial charge in [0.2, 0.25) is 0 Å². The van der Waals surface area contributed by atoms with Crippen molar-refractivity contribution in [3.05, 3.63) is 50.2 Å². The molecule has 0 aliphatic rings.